The molecule has 1 aromatic carbocycles. The summed E-state index contributed by atoms with van der Waals surface area (Å²) in [7, 11) is -0.740. The third-order valence-electron chi connectivity index (χ3n) is 1.88. The van der Waals surface area contributed by atoms with Crippen molar-refractivity contribution in [2.75, 3.05) is 6.61 Å². The van der Waals surface area contributed by atoms with Crippen LogP contribution >= 0.6 is 0 Å². The molecule has 0 bridgehead atoms. The molecule has 0 aliphatic heterocycles. The Morgan fingerprint density at radius 2 is 2.29 bits per heavy atom. The molecule has 0 saturated carbocycles. The number of hydrogen-bond acceptors (Lipinski definition) is 3. The van der Waals surface area contributed by atoms with Crippen LogP contribution in [0.5, 0.6) is 0 Å². The van der Waals surface area contributed by atoms with Gasteiger partial charge in [0.05, 0.1) is 6.61 Å². The third kappa shape index (κ3) is 3.10. The summed E-state index contributed by atoms with van der Waals surface area (Å²) in [4.78, 5) is 0. The predicted molar refractivity (Wildman–Crippen MR) is 53.2 cm³/mol. The van der Waals surface area contributed by atoms with Gasteiger partial charge in [0.1, 0.15) is 5.82 Å². The zero-order valence-corrected chi connectivity index (χ0v) is 7.94. The lowest BCUT2D eigenvalue weighted by Gasteiger charge is -2.17. The average Bonchev–Trinajstić information content (AvgIpc) is 2.14. The summed E-state index contributed by atoms with van der Waals surface area (Å²) in [6, 6.07) is 5.48. The van der Waals surface area contributed by atoms with E-state index in [1.807, 2.05) is 0 Å². The van der Waals surface area contributed by atoms with Crippen molar-refractivity contribution in [3.8, 4) is 0 Å². The Kier molecular flexibility index (Phi) is 4.07. The molecule has 0 fully saturated rings. The first kappa shape index (κ1) is 11.2. The van der Waals surface area contributed by atoms with E-state index >= 15 is 0 Å². The second-order valence-corrected chi connectivity index (χ2v) is 3.13. The predicted octanol–water partition coefficient (Wildman–Crippen LogP) is 0.559. The lowest BCUT2D eigenvalue weighted by atomic mass is 9.86. The molecule has 3 nitrogen and oxygen atoms in total. The minimum atomic E-state index is -0.740. The van der Waals surface area contributed by atoms with Crippen molar-refractivity contribution < 1.29 is 14.5 Å². The number of aliphatic hydroxyl groups excluding tert-OH is 1. The van der Waals surface area contributed by atoms with Crippen LogP contribution in [-0.4, -0.2) is 23.8 Å². The molecule has 0 aromatic heterocycles. The molecule has 1 unspecified atom stereocenters. The minimum Gasteiger partial charge on any atom is -0.437 e. The van der Waals surface area contributed by atoms with Gasteiger partial charge in [-0.05, 0) is 24.5 Å². The summed E-state index contributed by atoms with van der Waals surface area (Å²) in [5.41, 5.74) is 0.619. The highest BCUT2D eigenvalue weighted by Gasteiger charge is 2.14. The summed E-state index contributed by atoms with van der Waals surface area (Å²) >= 11 is 0. The molecular formula is C9H13BFNO2. The van der Waals surface area contributed by atoms with Crippen molar-refractivity contribution in [1.82, 2.24) is 5.23 Å². The Labute approximate surface area is 82.7 Å². The smallest absolute Gasteiger partial charge is 0.374 e. The minimum absolute atomic E-state index is 0.186. The summed E-state index contributed by atoms with van der Waals surface area (Å²) in [6.45, 7) is 1.36. The van der Waals surface area contributed by atoms with Gasteiger partial charge in [0, 0.05) is 6.04 Å². The molecule has 1 rings (SSSR count). The van der Waals surface area contributed by atoms with Crippen LogP contribution in [0.2, 0.25) is 6.82 Å². The molecule has 5 heteroatoms. The monoisotopic (exact) mass is 197 g/mol. The topological polar surface area (TPSA) is 52.5 Å². The maximum absolute atomic E-state index is 12.8. The second-order valence-electron chi connectivity index (χ2n) is 3.13. The standard InChI is InChI=1S/C9H13BFNO2/c1-10(14)12-9(6-13)7-3-2-4-8(11)5-7/h2-5,9,12-14H,6H2,1H3. The van der Waals surface area contributed by atoms with E-state index in [0.717, 1.165) is 0 Å². The van der Waals surface area contributed by atoms with E-state index in [-0.39, 0.29) is 12.4 Å². The zero-order chi connectivity index (χ0) is 10.6. The Balaban J connectivity index is 2.78. The molecule has 0 aliphatic carbocycles. The van der Waals surface area contributed by atoms with E-state index in [1.54, 1.807) is 19.0 Å². The molecule has 14 heavy (non-hydrogen) atoms. The highest BCUT2D eigenvalue weighted by atomic mass is 19.1. The summed E-state index contributed by atoms with van der Waals surface area (Å²) < 4.78 is 12.8. The van der Waals surface area contributed by atoms with Gasteiger partial charge >= 0.3 is 7.05 Å². The SMILES string of the molecule is CB(O)NC(CO)c1cccc(F)c1. The molecule has 0 saturated heterocycles. The Hall–Kier alpha value is -0.905. The van der Waals surface area contributed by atoms with E-state index in [2.05, 4.69) is 5.23 Å². The first-order valence-corrected chi connectivity index (χ1v) is 4.44. The molecule has 76 valence electrons. The largest absolute Gasteiger partial charge is 0.437 e. The Morgan fingerprint density at radius 3 is 2.79 bits per heavy atom. The lowest BCUT2D eigenvalue weighted by molar-refractivity contribution is 0.255. The van der Waals surface area contributed by atoms with Crippen molar-refractivity contribution in [2.45, 2.75) is 12.9 Å². The van der Waals surface area contributed by atoms with E-state index in [1.165, 1.54) is 12.1 Å². The number of halogens is 1. The second kappa shape index (κ2) is 5.09. The van der Waals surface area contributed by atoms with Crippen LogP contribution in [0.25, 0.3) is 0 Å². The van der Waals surface area contributed by atoms with Gasteiger partial charge in [-0.1, -0.05) is 12.1 Å². The molecule has 1 atom stereocenters. The van der Waals surface area contributed by atoms with Gasteiger partial charge < -0.3 is 15.4 Å². The number of nitrogens with one attached hydrogen (secondary N) is 1. The van der Waals surface area contributed by atoms with Gasteiger partial charge in [-0.15, -0.1) is 0 Å². The number of rotatable bonds is 4. The van der Waals surface area contributed by atoms with E-state index in [4.69, 9.17) is 10.1 Å². The Morgan fingerprint density at radius 1 is 1.57 bits per heavy atom. The maximum atomic E-state index is 12.8. The third-order valence-corrected chi connectivity index (χ3v) is 1.88. The zero-order valence-electron chi connectivity index (χ0n) is 7.94. The molecule has 0 radical (unpaired) electrons. The quantitative estimate of drug-likeness (QED) is 0.618. The van der Waals surface area contributed by atoms with E-state index < -0.39 is 13.1 Å². The summed E-state index contributed by atoms with van der Waals surface area (Å²) in [5, 5.41) is 20.8. The van der Waals surface area contributed by atoms with Gasteiger partial charge in [0.2, 0.25) is 0 Å². The van der Waals surface area contributed by atoms with Crippen LogP contribution < -0.4 is 5.23 Å². The summed E-state index contributed by atoms with van der Waals surface area (Å²) in [5.74, 6) is -0.353. The molecule has 1 aromatic rings. The number of aliphatic hydroxyl groups is 1. The van der Waals surface area contributed by atoms with Crippen molar-refractivity contribution in [3.63, 3.8) is 0 Å². The van der Waals surface area contributed by atoms with Gasteiger partial charge in [0.25, 0.3) is 0 Å². The van der Waals surface area contributed by atoms with Gasteiger partial charge in [0.15, 0.2) is 0 Å². The molecule has 0 spiro atoms. The van der Waals surface area contributed by atoms with Crippen LogP contribution in [-0.2, 0) is 0 Å². The fraction of sp³-hybridized carbons (Fsp3) is 0.333. The lowest BCUT2D eigenvalue weighted by Crippen LogP contribution is -2.36. The first-order chi connectivity index (χ1) is 6.63. The van der Waals surface area contributed by atoms with E-state index in [9.17, 15) is 4.39 Å². The first-order valence-electron chi connectivity index (χ1n) is 4.44. The highest BCUT2D eigenvalue weighted by molar-refractivity contribution is 6.45. The summed E-state index contributed by atoms with van der Waals surface area (Å²) in [6.07, 6.45) is 0. The fourth-order valence-electron chi connectivity index (χ4n) is 1.27. The highest BCUT2D eigenvalue weighted by Crippen LogP contribution is 2.13. The van der Waals surface area contributed by atoms with Crippen LogP contribution in [0.4, 0.5) is 4.39 Å². The van der Waals surface area contributed by atoms with Crippen molar-refractivity contribution in [2.24, 2.45) is 0 Å². The van der Waals surface area contributed by atoms with Crippen LogP contribution in [0.3, 0.4) is 0 Å². The van der Waals surface area contributed by atoms with Crippen LogP contribution in [0.1, 0.15) is 11.6 Å². The molecular weight excluding hydrogens is 184 g/mol. The van der Waals surface area contributed by atoms with Crippen LogP contribution in [0, 0.1) is 5.82 Å². The average molecular weight is 197 g/mol. The molecule has 0 amide bonds. The van der Waals surface area contributed by atoms with Gasteiger partial charge in [-0.25, -0.2) is 4.39 Å². The number of hydrogen-bond donors (Lipinski definition) is 3. The Bertz CT molecular complexity index is 296. The van der Waals surface area contributed by atoms with Crippen molar-refractivity contribution >= 4 is 7.05 Å². The fourth-order valence-corrected chi connectivity index (χ4v) is 1.27. The molecule has 0 heterocycles. The molecule has 3 N–H and O–H groups in total. The maximum Gasteiger partial charge on any atom is 0.374 e. The van der Waals surface area contributed by atoms with Crippen molar-refractivity contribution in [3.05, 3.63) is 35.6 Å². The van der Waals surface area contributed by atoms with Gasteiger partial charge in [-0.2, -0.15) is 0 Å². The molecule has 0 aliphatic rings. The van der Waals surface area contributed by atoms with Crippen molar-refractivity contribution in [1.29, 1.82) is 0 Å². The normalized spacial score (nSPS) is 12.6. The van der Waals surface area contributed by atoms with Crippen LogP contribution in [0.15, 0.2) is 24.3 Å². The van der Waals surface area contributed by atoms with Gasteiger partial charge in [-0.3, -0.25) is 0 Å². The number of benzene rings is 1. The van der Waals surface area contributed by atoms with E-state index in [0.29, 0.717) is 5.56 Å².